The van der Waals surface area contributed by atoms with E-state index in [-0.39, 0.29) is 11.5 Å². The molecule has 1 fully saturated rings. The van der Waals surface area contributed by atoms with Crippen molar-refractivity contribution in [2.45, 2.75) is 24.9 Å². The van der Waals surface area contributed by atoms with Crippen molar-refractivity contribution >= 4 is 11.6 Å². The summed E-state index contributed by atoms with van der Waals surface area (Å²) in [5, 5.41) is 5.99. The van der Waals surface area contributed by atoms with Gasteiger partial charge in [-0.15, -0.1) is 0 Å². The summed E-state index contributed by atoms with van der Waals surface area (Å²) in [6, 6.07) is 7.49. The van der Waals surface area contributed by atoms with E-state index in [1.54, 1.807) is 7.11 Å². The van der Waals surface area contributed by atoms with Gasteiger partial charge in [-0.1, -0.05) is 12.1 Å². The second kappa shape index (κ2) is 5.40. The first-order valence-corrected chi connectivity index (χ1v) is 6.31. The summed E-state index contributed by atoms with van der Waals surface area (Å²) in [5.74, 6) is -0.0525. The number of para-hydroxylation sites is 1. The molecule has 1 saturated carbocycles. The van der Waals surface area contributed by atoms with Gasteiger partial charge in [-0.3, -0.25) is 4.79 Å². The molecule has 1 aliphatic carbocycles. The van der Waals surface area contributed by atoms with E-state index in [2.05, 4.69) is 10.6 Å². The number of benzene rings is 1. The molecule has 18 heavy (non-hydrogen) atoms. The van der Waals surface area contributed by atoms with Gasteiger partial charge >= 0.3 is 0 Å². The summed E-state index contributed by atoms with van der Waals surface area (Å²) in [4.78, 5) is 12.1. The van der Waals surface area contributed by atoms with Crippen molar-refractivity contribution in [1.29, 1.82) is 0 Å². The summed E-state index contributed by atoms with van der Waals surface area (Å²) in [6.45, 7) is 0.584. The Morgan fingerprint density at radius 3 is 2.67 bits per heavy atom. The lowest BCUT2D eigenvalue weighted by Gasteiger charge is -2.40. The zero-order valence-electron chi connectivity index (χ0n) is 11.0. The number of nitrogens with one attached hydrogen (secondary N) is 2. The zero-order valence-corrected chi connectivity index (χ0v) is 11.0. The molecule has 0 aliphatic heterocycles. The molecular weight excluding hydrogens is 228 g/mol. The van der Waals surface area contributed by atoms with Crippen molar-refractivity contribution in [2.24, 2.45) is 0 Å². The van der Waals surface area contributed by atoms with Gasteiger partial charge in [-0.2, -0.15) is 0 Å². The Bertz CT molecular complexity index is 422. The molecule has 0 radical (unpaired) electrons. The molecule has 0 spiro atoms. The van der Waals surface area contributed by atoms with Crippen LogP contribution >= 0.6 is 0 Å². The number of hydrogen-bond acceptors (Lipinski definition) is 3. The van der Waals surface area contributed by atoms with Crippen LogP contribution in [-0.4, -0.2) is 32.2 Å². The topological polar surface area (TPSA) is 50.4 Å². The molecule has 0 unspecified atom stereocenters. The first-order valence-electron chi connectivity index (χ1n) is 6.31. The van der Waals surface area contributed by atoms with Crippen molar-refractivity contribution in [3.05, 3.63) is 29.8 Å². The lowest BCUT2D eigenvalue weighted by molar-refractivity contribution is -0.0679. The van der Waals surface area contributed by atoms with E-state index in [4.69, 9.17) is 4.74 Å². The summed E-state index contributed by atoms with van der Waals surface area (Å²) in [7, 11) is 3.53. The molecular formula is C14H20N2O2. The minimum Gasteiger partial charge on any atom is -0.387 e. The quantitative estimate of drug-likeness (QED) is 0.838. The van der Waals surface area contributed by atoms with Crippen molar-refractivity contribution in [2.75, 3.05) is 26.0 Å². The Morgan fingerprint density at radius 2 is 2.11 bits per heavy atom. The normalized spacial score (nSPS) is 16.8. The van der Waals surface area contributed by atoms with Crippen molar-refractivity contribution in [3.8, 4) is 0 Å². The molecule has 4 nitrogen and oxygen atoms in total. The summed E-state index contributed by atoms with van der Waals surface area (Å²) in [5.41, 5.74) is 1.38. The lowest BCUT2D eigenvalue weighted by atomic mass is 9.80. The van der Waals surface area contributed by atoms with E-state index >= 15 is 0 Å². The van der Waals surface area contributed by atoms with Gasteiger partial charge in [0, 0.05) is 26.4 Å². The molecule has 1 aliphatic rings. The minimum absolute atomic E-state index is 0.0525. The predicted molar refractivity (Wildman–Crippen MR) is 71.9 cm³/mol. The molecule has 98 valence electrons. The second-order valence-electron chi connectivity index (χ2n) is 4.72. The van der Waals surface area contributed by atoms with E-state index in [1.165, 1.54) is 6.42 Å². The maximum atomic E-state index is 12.1. The van der Waals surface area contributed by atoms with Crippen molar-refractivity contribution in [3.63, 3.8) is 0 Å². The maximum absolute atomic E-state index is 12.1. The fourth-order valence-corrected chi connectivity index (χ4v) is 2.26. The van der Waals surface area contributed by atoms with Gasteiger partial charge in [0.1, 0.15) is 0 Å². The summed E-state index contributed by atoms with van der Waals surface area (Å²) in [6.07, 6.45) is 3.23. The summed E-state index contributed by atoms with van der Waals surface area (Å²) >= 11 is 0. The first-order chi connectivity index (χ1) is 8.71. The third-order valence-corrected chi connectivity index (χ3v) is 3.71. The number of amides is 1. The number of anilines is 1. The highest BCUT2D eigenvalue weighted by Crippen LogP contribution is 2.34. The highest BCUT2D eigenvalue weighted by Gasteiger charge is 2.37. The van der Waals surface area contributed by atoms with Crippen LogP contribution in [0.1, 0.15) is 29.6 Å². The SMILES string of the molecule is CNc1ccccc1C(=O)NCC1(OC)CCC1. The Morgan fingerprint density at radius 1 is 1.39 bits per heavy atom. The van der Waals surface area contributed by atoms with Crippen LogP contribution in [0.3, 0.4) is 0 Å². The van der Waals surface area contributed by atoms with Crippen LogP contribution in [-0.2, 0) is 4.74 Å². The molecule has 0 saturated heterocycles. The minimum atomic E-state index is -0.135. The Kier molecular flexibility index (Phi) is 3.87. The third-order valence-electron chi connectivity index (χ3n) is 3.71. The van der Waals surface area contributed by atoms with E-state index in [9.17, 15) is 4.79 Å². The highest BCUT2D eigenvalue weighted by atomic mass is 16.5. The number of hydrogen-bond donors (Lipinski definition) is 2. The van der Waals surface area contributed by atoms with Gasteiger partial charge in [0.25, 0.3) is 5.91 Å². The average Bonchev–Trinajstić information content (AvgIpc) is 2.37. The van der Waals surface area contributed by atoms with Crippen LogP contribution in [0.2, 0.25) is 0 Å². The van der Waals surface area contributed by atoms with Crippen LogP contribution in [0.15, 0.2) is 24.3 Å². The van der Waals surface area contributed by atoms with Crippen molar-refractivity contribution in [1.82, 2.24) is 5.32 Å². The number of carbonyl (C=O) groups excluding carboxylic acids is 1. The fraction of sp³-hybridized carbons (Fsp3) is 0.500. The molecule has 1 amide bonds. The summed E-state index contributed by atoms with van der Waals surface area (Å²) < 4.78 is 5.49. The molecule has 1 aromatic carbocycles. The Labute approximate surface area is 108 Å². The molecule has 2 N–H and O–H groups in total. The maximum Gasteiger partial charge on any atom is 0.253 e. The molecule has 0 heterocycles. The van der Waals surface area contributed by atoms with Gasteiger partial charge in [0.15, 0.2) is 0 Å². The van der Waals surface area contributed by atoms with Crippen molar-refractivity contribution < 1.29 is 9.53 Å². The average molecular weight is 248 g/mol. The van der Waals surface area contributed by atoms with Crippen LogP contribution < -0.4 is 10.6 Å². The Balaban J connectivity index is 1.99. The van der Waals surface area contributed by atoms with Gasteiger partial charge < -0.3 is 15.4 Å². The molecule has 0 bridgehead atoms. The van der Waals surface area contributed by atoms with E-state index < -0.39 is 0 Å². The highest BCUT2D eigenvalue weighted by molar-refractivity contribution is 5.99. The number of carbonyl (C=O) groups is 1. The van der Waals surface area contributed by atoms with Gasteiger partial charge in [-0.05, 0) is 31.4 Å². The second-order valence-corrected chi connectivity index (χ2v) is 4.72. The third kappa shape index (κ3) is 2.48. The fourth-order valence-electron chi connectivity index (χ4n) is 2.26. The monoisotopic (exact) mass is 248 g/mol. The van der Waals surface area contributed by atoms with Gasteiger partial charge in [0.05, 0.1) is 11.2 Å². The molecule has 0 aromatic heterocycles. The lowest BCUT2D eigenvalue weighted by Crippen LogP contribution is -2.49. The smallest absolute Gasteiger partial charge is 0.253 e. The molecule has 4 heteroatoms. The number of ether oxygens (including phenoxy) is 1. The van der Waals surface area contributed by atoms with Crippen LogP contribution in [0.5, 0.6) is 0 Å². The predicted octanol–water partition coefficient (Wildman–Crippen LogP) is 2.03. The first kappa shape index (κ1) is 12.9. The van der Waals surface area contributed by atoms with Crippen LogP contribution in [0.4, 0.5) is 5.69 Å². The van der Waals surface area contributed by atoms with E-state index in [1.807, 2.05) is 31.3 Å². The zero-order chi connectivity index (χ0) is 13.0. The van der Waals surface area contributed by atoms with E-state index in [0.29, 0.717) is 12.1 Å². The largest absolute Gasteiger partial charge is 0.387 e. The van der Waals surface area contributed by atoms with Gasteiger partial charge in [-0.25, -0.2) is 0 Å². The van der Waals surface area contributed by atoms with Crippen LogP contribution in [0.25, 0.3) is 0 Å². The Hall–Kier alpha value is -1.55. The van der Waals surface area contributed by atoms with Gasteiger partial charge in [0.2, 0.25) is 0 Å². The standard InChI is InChI=1S/C14H20N2O2/c1-15-12-7-4-3-6-11(12)13(17)16-10-14(18-2)8-5-9-14/h3-4,6-7,15H,5,8-10H2,1-2H3,(H,16,17). The molecule has 1 aromatic rings. The number of rotatable bonds is 5. The number of methoxy groups -OCH3 is 1. The van der Waals surface area contributed by atoms with E-state index in [0.717, 1.165) is 18.5 Å². The molecule has 2 rings (SSSR count). The molecule has 0 atom stereocenters. The van der Waals surface area contributed by atoms with Crippen LogP contribution in [0, 0.1) is 0 Å².